The maximum atomic E-state index is 11.9. The molecule has 0 radical (unpaired) electrons. The summed E-state index contributed by atoms with van der Waals surface area (Å²) in [5, 5.41) is 6.79. The lowest BCUT2D eigenvalue weighted by Crippen LogP contribution is -2.44. The number of hydrogen-bond acceptors (Lipinski definition) is 3. The van der Waals surface area contributed by atoms with Crippen molar-refractivity contribution in [2.75, 3.05) is 6.54 Å². The van der Waals surface area contributed by atoms with Crippen molar-refractivity contribution in [1.82, 2.24) is 10.6 Å². The Morgan fingerprint density at radius 1 is 1.03 bits per heavy atom. The Labute approximate surface area is 182 Å². The zero-order chi connectivity index (χ0) is 21.7. The van der Waals surface area contributed by atoms with Crippen LogP contribution in [-0.4, -0.2) is 30.3 Å². The molecule has 1 aromatic carbocycles. The summed E-state index contributed by atoms with van der Waals surface area (Å²) < 4.78 is 5.37. The van der Waals surface area contributed by atoms with Crippen LogP contribution in [0.25, 0.3) is 5.57 Å². The molecule has 2 unspecified atom stereocenters. The van der Waals surface area contributed by atoms with Gasteiger partial charge in [-0.1, -0.05) is 35.9 Å². The molecule has 0 bridgehead atoms. The van der Waals surface area contributed by atoms with Gasteiger partial charge in [0.1, 0.15) is 5.60 Å². The maximum Gasteiger partial charge on any atom is 0.407 e. The highest BCUT2D eigenvalue weighted by Crippen LogP contribution is 2.48. The van der Waals surface area contributed by atoms with Gasteiger partial charge in [0.25, 0.3) is 0 Å². The summed E-state index contributed by atoms with van der Waals surface area (Å²) in [6, 6.07) is 11.6. The van der Waals surface area contributed by atoms with E-state index >= 15 is 0 Å². The van der Waals surface area contributed by atoms with E-state index in [0.717, 1.165) is 44.1 Å². The van der Waals surface area contributed by atoms with Crippen LogP contribution in [0, 0.1) is 11.8 Å². The fourth-order valence-electron chi connectivity index (χ4n) is 4.68. The van der Waals surface area contributed by atoms with E-state index < -0.39 is 5.60 Å². The minimum atomic E-state index is -0.434. The van der Waals surface area contributed by atoms with E-state index in [4.69, 9.17) is 4.74 Å². The first-order chi connectivity index (χ1) is 14.2. The molecule has 2 N–H and O–H groups in total. The van der Waals surface area contributed by atoms with Crippen LogP contribution < -0.4 is 10.6 Å². The molecule has 3 rings (SSSR count). The molecule has 166 valence electrons. The predicted octanol–water partition coefficient (Wildman–Crippen LogP) is 5.93. The lowest BCUT2D eigenvalue weighted by molar-refractivity contribution is 0.0490. The van der Waals surface area contributed by atoms with Gasteiger partial charge in [-0.05, 0) is 103 Å². The van der Waals surface area contributed by atoms with Crippen molar-refractivity contribution in [3.05, 3.63) is 41.5 Å². The molecule has 1 amide bonds. The van der Waals surface area contributed by atoms with E-state index in [-0.39, 0.29) is 12.1 Å². The van der Waals surface area contributed by atoms with E-state index in [1.54, 1.807) is 5.57 Å². The molecule has 2 fully saturated rings. The van der Waals surface area contributed by atoms with E-state index in [0.29, 0.717) is 6.04 Å². The number of allylic oxidation sites excluding steroid dienone is 2. The van der Waals surface area contributed by atoms with Crippen molar-refractivity contribution in [1.29, 1.82) is 0 Å². The fourth-order valence-corrected chi connectivity index (χ4v) is 4.68. The van der Waals surface area contributed by atoms with Gasteiger partial charge in [0, 0.05) is 12.1 Å². The van der Waals surface area contributed by atoms with E-state index in [1.807, 2.05) is 20.8 Å². The third-order valence-corrected chi connectivity index (χ3v) is 6.67. The predicted molar refractivity (Wildman–Crippen MR) is 124 cm³/mol. The van der Waals surface area contributed by atoms with Gasteiger partial charge < -0.3 is 15.4 Å². The van der Waals surface area contributed by atoms with Crippen LogP contribution in [0.1, 0.15) is 78.7 Å². The highest BCUT2D eigenvalue weighted by molar-refractivity contribution is 5.68. The molecule has 0 aliphatic heterocycles. The van der Waals surface area contributed by atoms with Gasteiger partial charge in [0.05, 0.1) is 0 Å². The van der Waals surface area contributed by atoms with Crippen LogP contribution in [0.4, 0.5) is 4.79 Å². The van der Waals surface area contributed by atoms with Gasteiger partial charge in [0.15, 0.2) is 0 Å². The molecule has 0 spiro atoms. The minimum absolute atomic E-state index is 0.250. The molecule has 4 nitrogen and oxygen atoms in total. The molecule has 0 saturated heterocycles. The second-order valence-electron chi connectivity index (χ2n) is 10.2. The molecule has 2 saturated carbocycles. The number of carbonyl (C=O) groups excluding carboxylic acids is 1. The van der Waals surface area contributed by atoms with E-state index in [2.05, 4.69) is 54.8 Å². The van der Waals surface area contributed by atoms with Crippen molar-refractivity contribution in [3.8, 4) is 0 Å². The molecule has 2 aliphatic carbocycles. The minimum Gasteiger partial charge on any atom is -0.444 e. The van der Waals surface area contributed by atoms with Gasteiger partial charge in [-0.2, -0.15) is 0 Å². The van der Waals surface area contributed by atoms with Crippen molar-refractivity contribution >= 4 is 11.7 Å². The van der Waals surface area contributed by atoms with Crippen molar-refractivity contribution < 1.29 is 9.53 Å². The molecule has 0 aromatic heterocycles. The molecular weight excluding hydrogens is 372 g/mol. The standard InChI is InChI=1S/C26H40N2O2/c1-18(20-9-7-6-8-10-20)19(2)24-17-21(24)15-16-27-22-11-13-23(14-12-22)28-25(29)30-26(3,4)5/h6-10,21-24,27H,11-17H2,1-5H3,(H,28,29)/b19-18+. The summed E-state index contributed by atoms with van der Waals surface area (Å²) in [6.07, 6.45) is 6.63. The summed E-state index contributed by atoms with van der Waals surface area (Å²) in [6.45, 7) is 11.4. The summed E-state index contributed by atoms with van der Waals surface area (Å²) in [5.41, 5.74) is 3.94. The normalized spacial score (nSPS) is 27.2. The summed E-state index contributed by atoms with van der Waals surface area (Å²) in [4.78, 5) is 11.9. The van der Waals surface area contributed by atoms with Crippen LogP contribution in [0.2, 0.25) is 0 Å². The maximum absolute atomic E-state index is 11.9. The summed E-state index contributed by atoms with van der Waals surface area (Å²) >= 11 is 0. The molecular formula is C26H40N2O2. The van der Waals surface area contributed by atoms with Gasteiger partial charge in [-0.3, -0.25) is 0 Å². The quantitative estimate of drug-likeness (QED) is 0.583. The smallest absolute Gasteiger partial charge is 0.407 e. The zero-order valence-corrected chi connectivity index (χ0v) is 19.5. The Kier molecular flexibility index (Phi) is 7.62. The Morgan fingerprint density at radius 2 is 1.67 bits per heavy atom. The Morgan fingerprint density at radius 3 is 2.30 bits per heavy atom. The van der Waals surface area contributed by atoms with E-state index in [1.165, 1.54) is 24.0 Å². The fraction of sp³-hybridized carbons (Fsp3) is 0.654. The van der Waals surface area contributed by atoms with E-state index in [9.17, 15) is 4.79 Å². The number of amides is 1. The molecule has 0 heterocycles. The van der Waals surface area contributed by atoms with Crippen molar-refractivity contribution in [3.63, 3.8) is 0 Å². The van der Waals surface area contributed by atoms with Crippen LogP contribution in [0.3, 0.4) is 0 Å². The number of alkyl carbamates (subject to hydrolysis) is 1. The first-order valence-corrected chi connectivity index (χ1v) is 11.7. The topological polar surface area (TPSA) is 50.4 Å². The number of carbonyl (C=O) groups is 1. The Bertz CT molecular complexity index is 727. The number of benzene rings is 1. The summed E-state index contributed by atoms with van der Waals surface area (Å²) in [7, 11) is 0. The molecule has 2 atom stereocenters. The molecule has 4 heteroatoms. The van der Waals surface area contributed by atoms with Gasteiger partial charge in [0.2, 0.25) is 0 Å². The van der Waals surface area contributed by atoms with Gasteiger partial charge >= 0.3 is 6.09 Å². The number of nitrogens with one attached hydrogen (secondary N) is 2. The first kappa shape index (κ1) is 22.9. The van der Waals surface area contributed by atoms with Crippen molar-refractivity contribution in [2.24, 2.45) is 11.8 Å². The zero-order valence-electron chi connectivity index (χ0n) is 19.5. The second-order valence-corrected chi connectivity index (χ2v) is 10.2. The van der Waals surface area contributed by atoms with Crippen LogP contribution in [-0.2, 0) is 4.74 Å². The largest absolute Gasteiger partial charge is 0.444 e. The average Bonchev–Trinajstić information content (AvgIpc) is 3.47. The molecule has 30 heavy (non-hydrogen) atoms. The van der Waals surface area contributed by atoms with Crippen molar-refractivity contribution in [2.45, 2.75) is 90.8 Å². The highest BCUT2D eigenvalue weighted by atomic mass is 16.6. The van der Waals surface area contributed by atoms with Gasteiger partial charge in [-0.15, -0.1) is 0 Å². The second kappa shape index (κ2) is 10.00. The Balaban J connectivity index is 1.32. The lowest BCUT2D eigenvalue weighted by Gasteiger charge is -2.30. The molecule has 2 aliphatic rings. The molecule has 1 aromatic rings. The number of rotatable bonds is 7. The number of hydrogen-bond donors (Lipinski definition) is 2. The third-order valence-electron chi connectivity index (χ3n) is 6.67. The Hall–Kier alpha value is -1.81. The number of ether oxygens (including phenoxy) is 1. The van der Waals surface area contributed by atoms with Crippen LogP contribution >= 0.6 is 0 Å². The lowest BCUT2D eigenvalue weighted by atomic mass is 9.91. The first-order valence-electron chi connectivity index (χ1n) is 11.7. The summed E-state index contributed by atoms with van der Waals surface area (Å²) in [5.74, 6) is 1.60. The average molecular weight is 413 g/mol. The SMILES string of the molecule is C/C(=C(/C)C1CC1CCNC1CCC(NC(=O)OC(C)(C)C)CC1)c1ccccc1. The highest BCUT2D eigenvalue weighted by Gasteiger charge is 2.38. The third kappa shape index (κ3) is 6.87. The van der Waals surface area contributed by atoms with Gasteiger partial charge in [-0.25, -0.2) is 4.79 Å². The van der Waals surface area contributed by atoms with Crippen LogP contribution in [0.15, 0.2) is 35.9 Å². The monoisotopic (exact) mass is 412 g/mol. The van der Waals surface area contributed by atoms with Crippen LogP contribution in [0.5, 0.6) is 0 Å².